The van der Waals surface area contributed by atoms with Crippen LogP contribution < -0.4 is 10.1 Å². The molecule has 2 rings (SSSR count). The van der Waals surface area contributed by atoms with Gasteiger partial charge in [-0.3, -0.25) is 0 Å². The number of hydrogen-bond acceptors (Lipinski definition) is 2. The van der Waals surface area contributed by atoms with Gasteiger partial charge >= 0.3 is 0 Å². The van der Waals surface area contributed by atoms with Crippen molar-refractivity contribution in [3.8, 4) is 5.75 Å². The van der Waals surface area contributed by atoms with Gasteiger partial charge in [0.25, 0.3) is 0 Å². The number of rotatable bonds is 9. The average Bonchev–Trinajstić information content (AvgIpc) is 2.49. The van der Waals surface area contributed by atoms with Crippen molar-refractivity contribution in [2.45, 2.75) is 58.8 Å². The maximum atomic E-state index is 5.90. The Bertz CT molecular complexity index is 414. The fourth-order valence-corrected chi connectivity index (χ4v) is 2.91. The Morgan fingerprint density at radius 3 is 2.67 bits per heavy atom. The van der Waals surface area contributed by atoms with Crippen molar-refractivity contribution in [2.75, 3.05) is 19.7 Å². The first-order chi connectivity index (χ1) is 10.3. The van der Waals surface area contributed by atoms with Gasteiger partial charge in [0.1, 0.15) is 5.75 Å². The van der Waals surface area contributed by atoms with E-state index in [1.54, 1.807) is 0 Å². The SMILES string of the molecule is CC(C)CNCCCCCOc1ccc2c(c1)CCCC2. The Morgan fingerprint density at radius 1 is 1.05 bits per heavy atom. The molecule has 0 heterocycles. The van der Waals surface area contributed by atoms with Crippen LogP contribution in [0, 0.1) is 5.92 Å². The normalized spacial score (nSPS) is 14.2. The molecule has 0 saturated heterocycles. The highest BCUT2D eigenvalue weighted by Crippen LogP contribution is 2.25. The number of ether oxygens (including phenoxy) is 1. The minimum Gasteiger partial charge on any atom is -0.494 e. The third-order valence-corrected chi connectivity index (χ3v) is 4.14. The van der Waals surface area contributed by atoms with Gasteiger partial charge in [-0.05, 0) is 87.2 Å². The summed E-state index contributed by atoms with van der Waals surface area (Å²) in [6, 6.07) is 6.67. The molecular formula is C19H31NO. The highest BCUT2D eigenvalue weighted by atomic mass is 16.5. The molecule has 0 fully saturated rings. The molecule has 0 radical (unpaired) electrons. The van der Waals surface area contributed by atoms with E-state index in [-0.39, 0.29) is 0 Å². The van der Waals surface area contributed by atoms with Gasteiger partial charge in [-0.25, -0.2) is 0 Å². The first kappa shape index (κ1) is 16.4. The van der Waals surface area contributed by atoms with Crippen molar-refractivity contribution in [3.05, 3.63) is 29.3 Å². The number of fused-ring (bicyclic) bond motifs is 1. The molecule has 2 nitrogen and oxygen atoms in total. The van der Waals surface area contributed by atoms with E-state index in [1.807, 2.05) is 0 Å². The lowest BCUT2D eigenvalue weighted by Crippen LogP contribution is -2.20. The number of nitrogens with one attached hydrogen (secondary N) is 1. The standard InChI is InChI=1S/C19H31NO/c1-16(2)15-20-12-6-3-7-13-21-19-11-10-17-8-4-5-9-18(17)14-19/h10-11,14,16,20H,3-9,12-13,15H2,1-2H3. The van der Waals surface area contributed by atoms with Crippen molar-refractivity contribution in [1.29, 1.82) is 0 Å². The third kappa shape index (κ3) is 6.09. The molecule has 21 heavy (non-hydrogen) atoms. The molecule has 1 aromatic rings. The predicted octanol–water partition coefficient (Wildman–Crippen LogP) is 4.36. The molecule has 1 aliphatic carbocycles. The van der Waals surface area contributed by atoms with Crippen LogP contribution in [0.4, 0.5) is 0 Å². The summed E-state index contributed by atoms with van der Waals surface area (Å²) >= 11 is 0. The quantitative estimate of drug-likeness (QED) is 0.682. The molecular weight excluding hydrogens is 258 g/mol. The van der Waals surface area contributed by atoms with Crippen molar-refractivity contribution in [1.82, 2.24) is 5.32 Å². The second kappa shape index (κ2) is 9.09. The summed E-state index contributed by atoms with van der Waals surface area (Å²) in [4.78, 5) is 0. The fraction of sp³-hybridized carbons (Fsp3) is 0.684. The van der Waals surface area contributed by atoms with Crippen LogP contribution in [0.1, 0.15) is 57.1 Å². The van der Waals surface area contributed by atoms with Gasteiger partial charge in [0.15, 0.2) is 0 Å². The topological polar surface area (TPSA) is 21.3 Å². The molecule has 0 bridgehead atoms. The summed E-state index contributed by atoms with van der Waals surface area (Å²) in [5, 5.41) is 3.49. The van der Waals surface area contributed by atoms with E-state index in [9.17, 15) is 0 Å². The van der Waals surface area contributed by atoms with Crippen LogP contribution in [0.3, 0.4) is 0 Å². The van der Waals surface area contributed by atoms with Gasteiger partial charge in [0.05, 0.1) is 6.61 Å². The lowest BCUT2D eigenvalue weighted by atomic mass is 9.92. The predicted molar refractivity (Wildman–Crippen MR) is 90.1 cm³/mol. The molecule has 2 heteroatoms. The molecule has 1 aliphatic rings. The van der Waals surface area contributed by atoms with E-state index in [2.05, 4.69) is 37.4 Å². The maximum Gasteiger partial charge on any atom is 0.119 e. The van der Waals surface area contributed by atoms with Crippen LogP contribution in [0.15, 0.2) is 18.2 Å². The number of benzene rings is 1. The van der Waals surface area contributed by atoms with Crippen LogP contribution >= 0.6 is 0 Å². The zero-order valence-electron chi connectivity index (χ0n) is 13.8. The molecule has 1 aromatic carbocycles. The second-order valence-electron chi connectivity index (χ2n) is 6.64. The molecule has 0 aromatic heterocycles. The molecule has 0 atom stereocenters. The van der Waals surface area contributed by atoms with Crippen LogP contribution in [-0.4, -0.2) is 19.7 Å². The maximum absolute atomic E-state index is 5.90. The molecule has 0 saturated carbocycles. The van der Waals surface area contributed by atoms with Gasteiger partial charge in [-0.15, -0.1) is 0 Å². The Labute approximate surface area is 130 Å². The molecule has 118 valence electrons. The van der Waals surface area contributed by atoms with Gasteiger partial charge in [0.2, 0.25) is 0 Å². The van der Waals surface area contributed by atoms with E-state index in [4.69, 9.17) is 4.74 Å². The average molecular weight is 289 g/mol. The van der Waals surface area contributed by atoms with Gasteiger partial charge in [-0.2, -0.15) is 0 Å². The highest BCUT2D eigenvalue weighted by molar-refractivity contribution is 5.37. The lowest BCUT2D eigenvalue weighted by molar-refractivity contribution is 0.304. The molecule has 1 N–H and O–H groups in total. The summed E-state index contributed by atoms with van der Waals surface area (Å²) in [6.45, 7) is 7.62. The van der Waals surface area contributed by atoms with Gasteiger partial charge < -0.3 is 10.1 Å². The van der Waals surface area contributed by atoms with Crippen LogP contribution in [0.5, 0.6) is 5.75 Å². The van der Waals surface area contributed by atoms with E-state index in [0.29, 0.717) is 0 Å². The fourth-order valence-electron chi connectivity index (χ4n) is 2.91. The van der Waals surface area contributed by atoms with Crippen molar-refractivity contribution >= 4 is 0 Å². The second-order valence-corrected chi connectivity index (χ2v) is 6.64. The molecule has 0 amide bonds. The first-order valence-corrected chi connectivity index (χ1v) is 8.71. The summed E-state index contributed by atoms with van der Waals surface area (Å²) in [5.74, 6) is 1.81. The summed E-state index contributed by atoms with van der Waals surface area (Å²) < 4.78 is 5.90. The molecule has 0 unspecified atom stereocenters. The van der Waals surface area contributed by atoms with Gasteiger partial charge in [-0.1, -0.05) is 19.9 Å². The highest BCUT2D eigenvalue weighted by Gasteiger charge is 2.09. The van der Waals surface area contributed by atoms with Crippen LogP contribution in [0.25, 0.3) is 0 Å². The minimum absolute atomic E-state index is 0.748. The van der Waals surface area contributed by atoms with E-state index in [0.717, 1.165) is 37.8 Å². The Hall–Kier alpha value is -1.02. The number of aryl methyl sites for hydroxylation is 2. The molecule has 0 aliphatic heterocycles. The van der Waals surface area contributed by atoms with Crippen molar-refractivity contribution in [3.63, 3.8) is 0 Å². The van der Waals surface area contributed by atoms with Crippen molar-refractivity contribution in [2.24, 2.45) is 5.92 Å². The zero-order chi connectivity index (χ0) is 14.9. The number of unbranched alkanes of at least 4 members (excludes halogenated alkanes) is 2. The van der Waals surface area contributed by atoms with E-state index >= 15 is 0 Å². The summed E-state index contributed by atoms with van der Waals surface area (Å²) in [7, 11) is 0. The van der Waals surface area contributed by atoms with Crippen molar-refractivity contribution < 1.29 is 4.74 Å². The van der Waals surface area contributed by atoms with Crippen LogP contribution in [0.2, 0.25) is 0 Å². The Kier molecular flexibility index (Phi) is 7.08. The van der Waals surface area contributed by atoms with Gasteiger partial charge in [0, 0.05) is 0 Å². The summed E-state index contributed by atoms with van der Waals surface area (Å²) in [5.41, 5.74) is 3.04. The van der Waals surface area contributed by atoms with Crippen LogP contribution in [-0.2, 0) is 12.8 Å². The number of hydrogen-bond donors (Lipinski definition) is 1. The Morgan fingerprint density at radius 2 is 1.86 bits per heavy atom. The first-order valence-electron chi connectivity index (χ1n) is 8.71. The smallest absolute Gasteiger partial charge is 0.119 e. The zero-order valence-corrected chi connectivity index (χ0v) is 13.8. The third-order valence-electron chi connectivity index (χ3n) is 4.14. The molecule has 0 spiro atoms. The lowest BCUT2D eigenvalue weighted by Gasteiger charge is -2.16. The van der Waals surface area contributed by atoms with E-state index in [1.165, 1.54) is 49.7 Å². The summed E-state index contributed by atoms with van der Waals surface area (Å²) in [6.07, 6.45) is 8.81. The Balaban J connectivity index is 1.56. The minimum atomic E-state index is 0.748. The largest absolute Gasteiger partial charge is 0.494 e. The monoisotopic (exact) mass is 289 g/mol. The van der Waals surface area contributed by atoms with E-state index < -0.39 is 0 Å².